The van der Waals surface area contributed by atoms with E-state index >= 15 is 0 Å². The Bertz CT molecular complexity index is 1360. The predicted molar refractivity (Wildman–Crippen MR) is 142 cm³/mol. The molecule has 2 aromatic carbocycles. The highest BCUT2D eigenvalue weighted by atomic mass is 35.5. The summed E-state index contributed by atoms with van der Waals surface area (Å²) in [5.41, 5.74) is 2.07. The molecule has 0 bridgehead atoms. The van der Waals surface area contributed by atoms with Crippen LogP contribution in [0.25, 0.3) is 11.3 Å². The van der Waals surface area contributed by atoms with Gasteiger partial charge in [0.15, 0.2) is 11.5 Å². The zero-order valence-electron chi connectivity index (χ0n) is 21.8. The molecule has 2 aliphatic rings. The third-order valence-corrected chi connectivity index (χ3v) is 7.14. The van der Waals surface area contributed by atoms with Gasteiger partial charge in [-0.1, -0.05) is 23.7 Å². The number of halogens is 4. The number of rotatable bonds is 7. The maximum absolute atomic E-state index is 13.2. The van der Waals surface area contributed by atoms with Gasteiger partial charge in [0.1, 0.15) is 13.2 Å². The van der Waals surface area contributed by atoms with Crippen molar-refractivity contribution in [1.29, 1.82) is 0 Å². The molecule has 5 rings (SSSR count). The summed E-state index contributed by atoms with van der Waals surface area (Å²) in [4.78, 5) is 18.0. The average Bonchev–Trinajstić information content (AvgIpc) is 3.37. The lowest BCUT2D eigenvalue weighted by Gasteiger charge is -2.21. The molecule has 3 aromatic rings. The number of hydrogen-bond acceptors (Lipinski definition) is 7. The third-order valence-electron chi connectivity index (χ3n) is 6.85. The van der Waals surface area contributed by atoms with Gasteiger partial charge in [-0.3, -0.25) is 9.88 Å². The highest BCUT2D eigenvalue weighted by molar-refractivity contribution is 6.33. The molecule has 0 amide bonds. The van der Waals surface area contributed by atoms with Gasteiger partial charge in [-0.2, -0.15) is 13.2 Å². The first kappa shape index (κ1) is 28.2. The molecule has 2 aliphatic heterocycles. The summed E-state index contributed by atoms with van der Waals surface area (Å²) in [6.45, 7) is 3.10. The first-order chi connectivity index (χ1) is 19.2. The number of benzene rings is 2. The maximum Gasteiger partial charge on any atom is 0.417 e. The molecule has 1 atom stereocenters. The van der Waals surface area contributed by atoms with E-state index in [2.05, 4.69) is 9.88 Å². The number of fused-ring (bicyclic) bond motifs is 1. The number of carbonyl (C=O) groups excluding carboxylic acids is 1. The minimum atomic E-state index is -4.55. The number of pyridine rings is 1. The van der Waals surface area contributed by atoms with Crippen LogP contribution in [-0.4, -0.2) is 55.4 Å². The average molecular weight is 577 g/mol. The highest BCUT2D eigenvalue weighted by Gasteiger charge is 2.32. The van der Waals surface area contributed by atoms with Gasteiger partial charge in [0.2, 0.25) is 0 Å². The van der Waals surface area contributed by atoms with Gasteiger partial charge in [0.25, 0.3) is 0 Å². The first-order valence-corrected chi connectivity index (χ1v) is 13.3. The molecule has 1 saturated heterocycles. The lowest BCUT2D eigenvalue weighted by molar-refractivity contribution is -0.137. The molecule has 1 aromatic heterocycles. The van der Waals surface area contributed by atoms with E-state index in [4.69, 9.17) is 30.5 Å². The van der Waals surface area contributed by atoms with Gasteiger partial charge in [-0.05, 0) is 48.7 Å². The number of alkyl halides is 3. The lowest BCUT2D eigenvalue weighted by atomic mass is 10.0. The van der Waals surface area contributed by atoms with E-state index in [9.17, 15) is 18.0 Å². The van der Waals surface area contributed by atoms with Crippen molar-refractivity contribution in [2.24, 2.45) is 0 Å². The Balaban J connectivity index is 1.45. The zero-order valence-corrected chi connectivity index (χ0v) is 22.6. The molecule has 0 saturated carbocycles. The molecule has 3 heterocycles. The van der Waals surface area contributed by atoms with Gasteiger partial charge in [0, 0.05) is 43.6 Å². The highest BCUT2D eigenvalue weighted by Crippen LogP contribution is 2.41. The van der Waals surface area contributed by atoms with Crippen molar-refractivity contribution in [3.05, 3.63) is 75.9 Å². The van der Waals surface area contributed by atoms with Crippen LogP contribution in [0.1, 0.15) is 39.9 Å². The van der Waals surface area contributed by atoms with Crippen LogP contribution in [0.3, 0.4) is 0 Å². The second-order valence-corrected chi connectivity index (χ2v) is 10.1. The van der Waals surface area contributed by atoms with Crippen molar-refractivity contribution in [2.45, 2.75) is 38.2 Å². The van der Waals surface area contributed by atoms with Crippen molar-refractivity contribution < 1.29 is 36.9 Å². The third kappa shape index (κ3) is 6.51. The van der Waals surface area contributed by atoms with E-state index in [1.165, 1.54) is 7.11 Å². The molecule has 7 nitrogen and oxygen atoms in total. The van der Waals surface area contributed by atoms with Gasteiger partial charge < -0.3 is 18.9 Å². The maximum atomic E-state index is 13.2. The van der Waals surface area contributed by atoms with Crippen LogP contribution in [0.5, 0.6) is 11.5 Å². The number of aromatic nitrogens is 1. The van der Waals surface area contributed by atoms with E-state index in [0.29, 0.717) is 62.1 Å². The van der Waals surface area contributed by atoms with E-state index in [-0.39, 0.29) is 16.8 Å². The van der Waals surface area contributed by atoms with Crippen LogP contribution in [0, 0.1) is 0 Å². The quantitative estimate of drug-likeness (QED) is 0.312. The topological polar surface area (TPSA) is 70.1 Å². The van der Waals surface area contributed by atoms with Crippen molar-refractivity contribution in [2.75, 3.05) is 33.5 Å². The van der Waals surface area contributed by atoms with Crippen molar-refractivity contribution in [3.8, 4) is 22.8 Å². The minimum absolute atomic E-state index is 0.0395. The number of nitrogens with zero attached hydrogens (tertiary/aromatic N) is 2. The largest absolute Gasteiger partial charge is 0.488 e. The Morgan fingerprint density at radius 2 is 1.98 bits per heavy atom. The van der Waals surface area contributed by atoms with E-state index in [0.717, 1.165) is 36.2 Å². The number of hydrogen-bond donors (Lipinski definition) is 0. The van der Waals surface area contributed by atoms with Crippen LogP contribution in [0.2, 0.25) is 5.02 Å². The Morgan fingerprint density at radius 1 is 1.18 bits per heavy atom. The summed E-state index contributed by atoms with van der Waals surface area (Å²) < 4.78 is 62.4. The Hall–Kier alpha value is -3.34. The Kier molecular flexibility index (Phi) is 8.48. The molecule has 0 radical (unpaired) electrons. The van der Waals surface area contributed by atoms with Crippen LogP contribution >= 0.6 is 11.6 Å². The fourth-order valence-corrected chi connectivity index (χ4v) is 5.08. The molecular weight excluding hydrogens is 549 g/mol. The molecule has 0 aliphatic carbocycles. The first-order valence-electron chi connectivity index (χ1n) is 12.9. The van der Waals surface area contributed by atoms with Crippen LogP contribution < -0.4 is 9.47 Å². The van der Waals surface area contributed by atoms with Crippen LogP contribution in [0.4, 0.5) is 13.2 Å². The fourth-order valence-electron chi connectivity index (χ4n) is 4.80. The molecule has 0 N–H and O–H groups in total. The van der Waals surface area contributed by atoms with Gasteiger partial charge in [0.05, 0.1) is 35.1 Å². The predicted octanol–water partition coefficient (Wildman–Crippen LogP) is 6.16. The fraction of sp³-hybridized carbons (Fsp3) is 0.379. The van der Waals surface area contributed by atoms with Crippen LogP contribution in [-0.2, 0) is 28.7 Å². The Labute approximate surface area is 234 Å². The minimum Gasteiger partial charge on any atom is -0.488 e. The second-order valence-electron chi connectivity index (χ2n) is 9.71. The zero-order chi connectivity index (χ0) is 28.3. The summed E-state index contributed by atoms with van der Waals surface area (Å²) >= 11 is 6.30. The Morgan fingerprint density at radius 3 is 2.65 bits per heavy atom. The lowest BCUT2D eigenvalue weighted by Crippen LogP contribution is -2.25. The monoisotopic (exact) mass is 576 g/mol. The number of esters is 1. The number of ether oxygens (including phenoxy) is 4. The standard InChI is InChI=1S/C29H28ClF3N2O5/c1-37-28(36)19-6-4-18(5-7-19)15-35-8-10-39-27-21(16-35)11-20(12-25(27)40-17-23-3-2-9-38-23)26-24(30)13-22(14-34-26)29(31,32)33/h4-7,11-14,23H,2-3,8-10,15-17H2,1H3. The van der Waals surface area contributed by atoms with Crippen LogP contribution in [0.15, 0.2) is 48.7 Å². The van der Waals surface area contributed by atoms with Crippen molar-refractivity contribution in [3.63, 3.8) is 0 Å². The van der Waals surface area contributed by atoms with E-state index in [1.807, 2.05) is 18.2 Å². The van der Waals surface area contributed by atoms with E-state index in [1.54, 1.807) is 18.2 Å². The number of carbonyl (C=O) groups is 1. The SMILES string of the molecule is COC(=O)c1ccc(CN2CCOc3c(cc(-c4ncc(C(F)(F)F)cc4Cl)cc3OCC3CCCO3)C2)cc1. The van der Waals surface area contributed by atoms with Crippen molar-refractivity contribution in [1.82, 2.24) is 9.88 Å². The molecule has 0 spiro atoms. The molecule has 1 unspecified atom stereocenters. The smallest absolute Gasteiger partial charge is 0.417 e. The van der Waals surface area contributed by atoms with Crippen molar-refractivity contribution >= 4 is 17.6 Å². The molecule has 1 fully saturated rings. The molecule has 40 heavy (non-hydrogen) atoms. The summed E-state index contributed by atoms with van der Waals surface area (Å²) in [5, 5.41) is -0.114. The molecule has 11 heteroatoms. The van der Waals surface area contributed by atoms with Gasteiger partial charge in [-0.25, -0.2) is 4.79 Å². The normalized spacial score (nSPS) is 17.6. The summed E-state index contributed by atoms with van der Waals surface area (Å²) in [6, 6.07) is 11.6. The van der Waals surface area contributed by atoms with E-state index < -0.39 is 17.7 Å². The summed E-state index contributed by atoms with van der Waals surface area (Å²) in [7, 11) is 1.34. The number of methoxy groups -OCH3 is 1. The molecule has 212 valence electrons. The van der Waals surface area contributed by atoms with Gasteiger partial charge in [-0.15, -0.1) is 0 Å². The summed E-state index contributed by atoms with van der Waals surface area (Å²) in [5.74, 6) is 0.639. The van der Waals surface area contributed by atoms with Gasteiger partial charge >= 0.3 is 12.1 Å². The second kappa shape index (κ2) is 12.0. The molecular formula is C29H28ClF3N2O5. The summed E-state index contributed by atoms with van der Waals surface area (Å²) in [6.07, 6.45) is -1.97.